The first-order valence-corrected chi connectivity index (χ1v) is 11.5. The molecule has 0 aliphatic rings. The van der Waals surface area contributed by atoms with Crippen LogP contribution in [0.5, 0.6) is 5.75 Å². The number of hydrogen-bond donors (Lipinski definition) is 3. The van der Waals surface area contributed by atoms with Crippen LogP contribution in [0, 0.1) is 10.1 Å². The van der Waals surface area contributed by atoms with Crippen molar-refractivity contribution < 1.29 is 33.9 Å². The van der Waals surface area contributed by atoms with E-state index in [-0.39, 0.29) is 23.4 Å². The number of nitrogens with zero attached hydrogens (tertiary/aromatic N) is 1. The Bertz CT molecular complexity index is 1280. The van der Waals surface area contributed by atoms with Crippen LogP contribution >= 0.6 is 0 Å². The smallest absolute Gasteiger partial charge is 0.328 e. The average Bonchev–Trinajstić information content (AvgIpc) is 2.95. The SMILES string of the molecule is COC(=O)[C@@H](Cc1cc([N+](=O)[O-])ccc1OC)NC(=O)[C@H](O)[C@@H](NC(=O)c1ccccc1)c1ccccc1. The Morgan fingerprint density at radius 1 is 0.947 bits per heavy atom. The number of aliphatic hydroxyl groups is 1. The number of rotatable bonds is 11. The summed E-state index contributed by atoms with van der Waals surface area (Å²) >= 11 is 0. The fourth-order valence-corrected chi connectivity index (χ4v) is 3.82. The van der Waals surface area contributed by atoms with Gasteiger partial charge in [-0.2, -0.15) is 0 Å². The quantitative estimate of drug-likeness (QED) is 0.197. The molecule has 3 rings (SSSR count). The number of nitro benzene ring substituents is 1. The minimum absolute atomic E-state index is 0.220. The lowest BCUT2D eigenvalue weighted by atomic mass is 9.99. The van der Waals surface area contributed by atoms with E-state index >= 15 is 0 Å². The van der Waals surface area contributed by atoms with E-state index in [4.69, 9.17) is 9.47 Å². The first kappa shape index (κ1) is 27.8. The number of amides is 2. The summed E-state index contributed by atoms with van der Waals surface area (Å²) in [7, 11) is 2.48. The molecule has 198 valence electrons. The Hall–Kier alpha value is -4.77. The van der Waals surface area contributed by atoms with Crippen LogP contribution in [0.25, 0.3) is 0 Å². The van der Waals surface area contributed by atoms with E-state index < -0.39 is 40.9 Å². The summed E-state index contributed by atoms with van der Waals surface area (Å²) in [6.45, 7) is 0. The van der Waals surface area contributed by atoms with Crippen LogP contribution in [-0.2, 0) is 20.7 Å². The Morgan fingerprint density at radius 3 is 2.16 bits per heavy atom. The number of esters is 1. The van der Waals surface area contributed by atoms with E-state index in [0.29, 0.717) is 11.1 Å². The molecule has 0 unspecified atom stereocenters. The molecule has 0 fully saturated rings. The normalized spacial score (nSPS) is 12.9. The predicted octanol–water partition coefficient (Wildman–Crippen LogP) is 2.34. The van der Waals surface area contributed by atoms with Crippen LogP contribution in [0.2, 0.25) is 0 Å². The average molecular weight is 522 g/mol. The molecule has 11 heteroatoms. The zero-order valence-electron chi connectivity index (χ0n) is 20.7. The second-order valence-corrected chi connectivity index (χ2v) is 8.21. The maximum absolute atomic E-state index is 13.2. The van der Waals surface area contributed by atoms with Crippen molar-refractivity contribution in [3.8, 4) is 5.75 Å². The van der Waals surface area contributed by atoms with E-state index in [9.17, 15) is 29.6 Å². The van der Waals surface area contributed by atoms with Crippen LogP contribution in [0.4, 0.5) is 5.69 Å². The van der Waals surface area contributed by atoms with Gasteiger partial charge in [0.1, 0.15) is 11.8 Å². The van der Waals surface area contributed by atoms with Crippen LogP contribution in [0.3, 0.4) is 0 Å². The van der Waals surface area contributed by atoms with Crippen molar-refractivity contribution in [3.63, 3.8) is 0 Å². The number of methoxy groups -OCH3 is 2. The standard InChI is InChI=1S/C27H27N3O8/c1-37-22-14-13-20(30(35)36)15-19(22)16-21(27(34)38-2)28-26(33)24(31)23(17-9-5-3-6-10-17)29-25(32)18-11-7-4-8-12-18/h3-15,21,23-24,31H,16H2,1-2H3,(H,28,33)(H,29,32)/t21-,23+,24-/m1/s1. The summed E-state index contributed by atoms with van der Waals surface area (Å²) in [4.78, 5) is 49.2. The molecular formula is C27H27N3O8. The second kappa shape index (κ2) is 13.0. The van der Waals surface area contributed by atoms with E-state index in [0.717, 1.165) is 7.11 Å². The number of benzene rings is 3. The van der Waals surface area contributed by atoms with Crippen LogP contribution in [0.1, 0.15) is 27.5 Å². The van der Waals surface area contributed by atoms with Crippen LogP contribution in [0.15, 0.2) is 78.9 Å². The minimum atomic E-state index is -1.80. The van der Waals surface area contributed by atoms with Crippen molar-refractivity contribution in [1.29, 1.82) is 0 Å². The number of non-ortho nitro benzene ring substituents is 1. The van der Waals surface area contributed by atoms with Gasteiger partial charge in [-0.25, -0.2) is 4.79 Å². The van der Waals surface area contributed by atoms with Gasteiger partial charge in [0.05, 0.1) is 25.2 Å². The number of aliphatic hydroxyl groups excluding tert-OH is 1. The number of carbonyl (C=O) groups excluding carboxylic acids is 3. The van der Waals surface area contributed by atoms with Gasteiger partial charge in [0, 0.05) is 29.7 Å². The van der Waals surface area contributed by atoms with Gasteiger partial charge >= 0.3 is 5.97 Å². The van der Waals surface area contributed by atoms with Crippen molar-refractivity contribution in [2.24, 2.45) is 0 Å². The Labute approximate surface area is 218 Å². The van der Waals surface area contributed by atoms with Crippen LogP contribution < -0.4 is 15.4 Å². The summed E-state index contributed by atoms with van der Waals surface area (Å²) in [5.41, 5.74) is 0.813. The van der Waals surface area contributed by atoms with E-state index in [1.54, 1.807) is 60.7 Å². The number of carbonyl (C=O) groups is 3. The highest BCUT2D eigenvalue weighted by atomic mass is 16.6. The molecule has 0 radical (unpaired) electrons. The number of nitrogens with one attached hydrogen (secondary N) is 2. The zero-order valence-corrected chi connectivity index (χ0v) is 20.7. The maximum atomic E-state index is 13.2. The molecule has 0 aliphatic carbocycles. The highest BCUT2D eigenvalue weighted by Crippen LogP contribution is 2.26. The van der Waals surface area contributed by atoms with Gasteiger partial charge in [-0.1, -0.05) is 48.5 Å². The lowest BCUT2D eigenvalue weighted by molar-refractivity contribution is -0.384. The molecule has 0 spiro atoms. The molecule has 0 bridgehead atoms. The lowest BCUT2D eigenvalue weighted by Gasteiger charge is -2.26. The molecule has 3 N–H and O–H groups in total. The third kappa shape index (κ3) is 6.92. The van der Waals surface area contributed by atoms with Gasteiger partial charge in [0.2, 0.25) is 0 Å². The van der Waals surface area contributed by atoms with Gasteiger partial charge in [0.15, 0.2) is 6.10 Å². The first-order valence-electron chi connectivity index (χ1n) is 11.5. The second-order valence-electron chi connectivity index (χ2n) is 8.21. The largest absolute Gasteiger partial charge is 0.496 e. The highest BCUT2D eigenvalue weighted by molar-refractivity contribution is 5.95. The molecule has 11 nitrogen and oxygen atoms in total. The van der Waals surface area contributed by atoms with Crippen molar-refractivity contribution >= 4 is 23.5 Å². The predicted molar refractivity (Wildman–Crippen MR) is 136 cm³/mol. The fraction of sp³-hybridized carbons (Fsp3) is 0.222. The maximum Gasteiger partial charge on any atom is 0.328 e. The molecule has 0 saturated carbocycles. The summed E-state index contributed by atoms with van der Waals surface area (Å²) < 4.78 is 10.0. The summed E-state index contributed by atoms with van der Waals surface area (Å²) in [6.07, 6.45) is -2.02. The molecule has 3 aromatic carbocycles. The van der Waals surface area contributed by atoms with Gasteiger partial charge in [-0.3, -0.25) is 19.7 Å². The van der Waals surface area contributed by atoms with E-state index in [2.05, 4.69) is 10.6 Å². The Balaban J connectivity index is 1.86. The molecule has 0 aliphatic heterocycles. The number of ether oxygens (including phenoxy) is 2. The topological polar surface area (TPSA) is 157 Å². The van der Waals surface area contributed by atoms with Crippen molar-refractivity contribution in [3.05, 3.63) is 106 Å². The molecule has 3 atom stereocenters. The first-order chi connectivity index (χ1) is 18.2. The van der Waals surface area contributed by atoms with E-state index in [1.165, 1.54) is 25.3 Å². The fourth-order valence-electron chi connectivity index (χ4n) is 3.82. The monoisotopic (exact) mass is 521 g/mol. The van der Waals surface area contributed by atoms with Gasteiger partial charge in [0.25, 0.3) is 17.5 Å². The van der Waals surface area contributed by atoms with E-state index in [1.807, 2.05) is 0 Å². The summed E-state index contributed by atoms with van der Waals surface area (Å²) in [6, 6.07) is 18.0. The Morgan fingerprint density at radius 2 is 1.58 bits per heavy atom. The van der Waals surface area contributed by atoms with Crippen molar-refractivity contribution in [2.75, 3.05) is 14.2 Å². The van der Waals surface area contributed by atoms with Gasteiger partial charge in [-0.15, -0.1) is 0 Å². The minimum Gasteiger partial charge on any atom is -0.496 e. The molecule has 38 heavy (non-hydrogen) atoms. The van der Waals surface area contributed by atoms with Gasteiger partial charge in [-0.05, 0) is 23.8 Å². The lowest BCUT2D eigenvalue weighted by Crippen LogP contribution is -2.51. The van der Waals surface area contributed by atoms with Crippen molar-refractivity contribution in [2.45, 2.75) is 24.6 Å². The van der Waals surface area contributed by atoms with Crippen LogP contribution in [-0.4, -0.2) is 54.2 Å². The van der Waals surface area contributed by atoms with Crippen molar-refractivity contribution in [1.82, 2.24) is 10.6 Å². The Kier molecular flexibility index (Phi) is 9.49. The summed E-state index contributed by atoms with van der Waals surface area (Å²) in [5.74, 6) is -2.07. The molecule has 0 aromatic heterocycles. The third-order valence-electron chi connectivity index (χ3n) is 5.77. The molecule has 0 saturated heterocycles. The summed E-state index contributed by atoms with van der Waals surface area (Å²) in [5, 5.41) is 27.4. The third-order valence-corrected chi connectivity index (χ3v) is 5.77. The number of hydrogen-bond acceptors (Lipinski definition) is 8. The molecular weight excluding hydrogens is 494 g/mol. The molecule has 0 heterocycles. The molecule has 3 aromatic rings. The highest BCUT2D eigenvalue weighted by Gasteiger charge is 2.33. The van der Waals surface area contributed by atoms with Gasteiger partial charge < -0.3 is 25.2 Å². The number of nitro groups is 1. The molecule has 2 amide bonds. The zero-order chi connectivity index (χ0) is 27.7.